The third kappa shape index (κ3) is 3.61. The number of nitrogens with zero attached hydrogens (tertiary/aromatic N) is 4. The van der Waals surface area contributed by atoms with E-state index in [1.165, 1.54) is 10.6 Å². The lowest BCUT2D eigenvalue weighted by molar-refractivity contribution is -0.153. The molecule has 1 aromatic heterocycles. The van der Waals surface area contributed by atoms with E-state index in [1.54, 1.807) is 0 Å². The molecule has 0 N–H and O–H groups in total. The van der Waals surface area contributed by atoms with Gasteiger partial charge in [0, 0.05) is 25.1 Å². The highest BCUT2D eigenvalue weighted by molar-refractivity contribution is 5.87. The fourth-order valence-corrected chi connectivity index (χ4v) is 3.90. The summed E-state index contributed by atoms with van der Waals surface area (Å²) in [5.41, 5.74) is -0.400. The number of hydrogen-bond acceptors (Lipinski definition) is 6. The molecule has 0 radical (unpaired) electrons. The maximum absolute atomic E-state index is 13.7. The summed E-state index contributed by atoms with van der Waals surface area (Å²) in [6.45, 7) is 2.88. The summed E-state index contributed by atoms with van der Waals surface area (Å²) in [6, 6.07) is -0.508. The Kier molecular flexibility index (Phi) is 4.84. The zero-order valence-electron chi connectivity index (χ0n) is 15.6. The van der Waals surface area contributed by atoms with Gasteiger partial charge in [0.2, 0.25) is 5.95 Å². The van der Waals surface area contributed by atoms with E-state index in [9.17, 15) is 22.8 Å². The fourth-order valence-electron chi connectivity index (χ4n) is 3.90. The number of carbonyl (C=O) groups excluding carboxylic acids is 1. The van der Waals surface area contributed by atoms with E-state index in [0.29, 0.717) is 25.6 Å². The van der Waals surface area contributed by atoms with Crippen LogP contribution in [0.15, 0.2) is 10.9 Å². The zero-order valence-corrected chi connectivity index (χ0v) is 15.6. The molecule has 28 heavy (non-hydrogen) atoms. The number of morpholine rings is 1. The summed E-state index contributed by atoms with van der Waals surface area (Å²) in [7, 11) is 0. The van der Waals surface area contributed by atoms with Gasteiger partial charge in [0.25, 0.3) is 5.56 Å². The van der Waals surface area contributed by atoms with Crippen LogP contribution in [-0.2, 0) is 16.1 Å². The van der Waals surface area contributed by atoms with Gasteiger partial charge in [-0.05, 0) is 26.2 Å². The monoisotopic (exact) mass is 400 g/mol. The van der Waals surface area contributed by atoms with Gasteiger partial charge in [-0.3, -0.25) is 14.2 Å². The molecule has 0 spiro atoms. The number of alkyl halides is 3. The van der Waals surface area contributed by atoms with Crippen molar-refractivity contribution >= 4 is 17.5 Å². The third-order valence-corrected chi connectivity index (χ3v) is 5.63. The van der Waals surface area contributed by atoms with Crippen molar-refractivity contribution in [1.82, 2.24) is 9.55 Å². The van der Waals surface area contributed by atoms with Crippen LogP contribution in [0, 0.1) is 5.92 Å². The van der Waals surface area contributed by atoms with E-state index in [2.05, 4.69) is 4.98 Å². The lowest BCUT2D eigenvalue weighted by Crippen LogP contribution is -2.54. The number of halogens is 3. The van der Waals surface area contributed by atoms with Gasteiger partial charge in [0.05, 0.1) is 25.8 Å². The Morgan fingerprint density at radius 3 is 2.68 bits per heavy atom. The van der Waals surface area contributed by atoms with Crippen molar-refractivity contribution in [2.45, 2.75) is 51.0 Å². The topological polar surface area (TPSA) is 67.7 Å². The van der Waals surface area contributed by atoms with Crippen molar-refractivity contribution in [2.75, 3.05) is 36.1 Å². The molecule has 154 valence electrons. The highest BCUT2D eigenvalue weighted by atomic mass is 19.4. The summed E-state index contributed by atoms with van der Waals surface area (Å²) in [5.74, 6) is -0.122. The molecule has 2 aliphatic heterocycles. The second-order valence-corrected chi connectivity index (χ2v) is 7.74. The van der Waals surface area contributed by atoms with E-state index in [-0.39, 0.29) is 43.2 Å². The predicted molar refractivity (Wildman–Crippen MR) is 95.7 cm³/mol. The molecule has 2 atom stereocenters. The molecule has 3 aliphatic rings. The van der Waals surface area contributed by atoms with E-state index >= 15 is 0 Å². The van der Waals surface area contributed by atoms with Crippen molar-refractivity contribution in [2.24, 2.45) is 5.92 Å². The van der Waals surface area contributed by atoms with Gasteiger partial charge in [-0.2, -0.15) is 18.2 Å². The summed E-state index contributed by atoms with van der Waals surface area (Å²) < 4.78 is 47.7. The lowest BCUT2D eigenvalue weighted by Gasteiger charge is -2.40. The largest absolute Gasteiger partial charge is 0.408 e. The van der Waals surface area contributed by atoms with Crippen LogP contribution in [-0.4, -0.2) is 59.9 Å². The quantitative estimate of drug-likeness (QED) is 0.765. The zero-order chi connectivity index (χ0) is 20.1. The normalized spacial score (nSPS) is 25.6. The van der Waals surface area contributed by atoms with Crippen molar-refractivity contribution in [1.29, 1.82) is 0 Å². The number of hydrogen-bond donors (Lipinski definition) is 0. The van der Waals surface area contributed by atoms with Gasteiger partial charge in [-0.15, -0.1) is 0 Å². The van der Waals surface area contributed by atoms with E-state index in [4.69, 9.17) is 4.74 Å². The molecule has 1 saturated heterocycles. The van der Waals surface area contributed by atoms with Crippen LogP contribution >= 0.6 is 0 Å². The number of rotatable bonds is 4. The first kappa shape index (κ1) is 19.2. The SMILES string of the molecule is C[C@H]1COCCN1c1cc(=O)n2c(n1)N(CC(=O)C1CC1)[C@H](C(F)(F)F)CC2. The van der Waals surface area contributed by atoms with Crippen molar-refractivity contribution in [3.63, 3.8) is 0 Å². The van der Waals surface area contributed by atoms with Crippen LogP contribution in [0.1, 0.15) is 26.2 Å². The highest BCUT2D eigenvalue weighted by Gasteiger charge is 2.48. The van der Waals surface area contributed by atoms with Crippen LogP contribution in [0.25, 0.3) is 0 Å². The van der Waals surface area contributed by atoms with Gasteiger partial charge in [-0.1, -0.05) is 0 Å². The maximum atomic E-state index is 13.7. The van der Waals surface area contributed by atoms with Crippen LogP contribution in [0.3, 0.4) is 0 Å². The standard InChI is InChI=1S/C18H23F3N4O3/c1-11-10-28-7-6-23(11)15-8-16(27)24-5-4-14(18(19,20)21)25(17(24)22-15)9-13(26)12-2-3-12/h8,11-12,14H,2-7,9-10H2,1H3/t11-,14-/m0/s1. The number of ketones is 1. The molecule has 0 unspecified atom stereocenters. The number of aromatic nitrogens is 2. The molecule has 0 aromatic carbocycles. The first-order valence-electron chi connectivity index (χ1n) is 9.58. The van der Waals surface area contributed by atoms with Gasteiger partial charge in [0.1, 0.15) is 11.9 Å². The Hall–Kier alpha value is -2.10. The first-order chi connectivity index (χ1) is 13.3. The Morgan fingerprint density at radius 1 is 1.29 bits per heavy atom. The van der Waals surface area contributed by atoms with Crippen LogP contribution in [0.5, 0.6) is 0 Å². The number of Topliss-reactive ketones (excluding diaryl/α,β-unsaturated/α-hetero) is 1. The molecule has 0 amide bonds. The second kappa shape index (κ2) is 7.06. The minimum atomic E-state index is -4.50. The molecule has 4 rings (SSSR count). The molecule has 0 bridgehead atoms. The van der Waals surface area contributed by atoms with Crippen molar-refractivity contribution in [3.05, 3.63) is 16.4 Å². The highest BCUT2D eigenvalue weighted by Crippen LogP contribution is 2.36. The molecular formula is C18H23F3N4O3. The summed E-state index contributed by atoms with van der Waals surface area (Å²) >= 11 is 0. The smallest absolute Gasteiger partial charge is 0.377 e. The third-order valence-electron chi connectivity index (χ3n) is 5.63. The predicted octanol–water partition coefficient (Wildman–Crippen LogP) is 1.59. The fraction of sp³-hybridized carbons (Fsp3) is 0.722. The number of anilines is 2. The molecule has 10 heteroatoms. The van der Waals surface area contributed by atoms with Crippen LogP contribution in [0.4, 0.5) is 24.9 Å². The number of carbonyl (C=O) groups is 1. The van der Waals surface area contributed by atoms with Gasteiger partial charge in [0.15, 0.2) is 5.78 Å². The molecule has 7 nitrogen and oxygen atoms in total. The van der Waals surface area contributed by atoms with Gasteiger partial charge >= 0.3 is 6.18 Å². The average molecular weight is 400 g/mol. The molecule has 1 aliphatic carbocycles. The van der Waals surface area contributed by atoms with E-state index < -0.39 is 17.8 Å². The average Bonchev–Trinajstić information content (AvgIpc) is 3.46. The Bertz CT molecular complexity index is 821. The van der Waals surface area contributed by atoms with Crippen LogP contribution < -0.4 is 15.4 Å². The lowest BCUT2D eigenvalue weighted by atomic mass is 10.1. The molecular weight excluding hydrogens is 377 g/mol. The summed E-state index contributed by atoms with van der Waals surface area (Å²) in [4.78, 5) is 32.3. The molecule has 1 saturated carbocycles. The molecule has 3 heterocycles. The van der Waals surface area contributed by atoms with E-state index in [1.807, 2.05) is 11.8 Å². The van der Waals surface area contributed by atoms with Crippen molar-refractivity contribution < 1.29 is 22.7 Å². The number of ether oxygens (including phenoxy) is 1. The Morgan fingerprint density at radius 2 is 2.04 bits per heavy atom. The van der Waals surface area contributed by atoms with Gasteiger partial charge < -0.3 is 14.5 Å². The minimum Gasteiger partial charge on any atom is -0.377 e. The maximum Gasteiger partial charge on any atom is 0.408 e. The van der Waals surface area contributed by atoms with E-state index in [0.717, 1.165) is 17.7 Å². The van der Waals surface area contributed by atoms with Crippen molar-refractivity contribution in [3.8, 4) is 0 Å². The molecule has 2 fully saturated rings. The summed E-state index contributed by atoms with van der Waals surface area (Å²) in [6.07, 6.45) is -3.34. The second-order valence-electron chi connectivity index (χ2n) is 7.74. The Labute approximate surface area is 160 Å². The first-order valence-corrected chi connectivity index (χ1v) is 9.58. The minimum absolute atomic E-state index is 0.0488. The Balaban J connectivity index is 1.74. The molecule has 1 aromatic rings. The van der Waals surface area contributed by atoms with Crippen LogP contribution in [0.2, 0.25) is 0 Å². The number of fused-ring (bicyclic) bond motifs is 1. The van der Waals surface area contributed by atoms with Gasteiger partial charge in [-0.25, -0.2) is 0 Å². The summed E-state index contributed by atoms with van der Waals surface area (Å²) in [5, 5.41) is 0.